The lowest BCUT2D eigenvalue weighted by molar-refractivity contribution is -0.104. The fourth-order valence-corrected chi connectivity index (χ4v) is 2.84. The van der Waals surface area contributed by atoms with E-state index in [9.17, 15) is 29.0 Å². The van der Waals surface area contributed by atoms with Gasteiger partial charge in [-0.05, 0) is 31.2 Å². The highest BCUT2D eigenvalue weighted by Gasteiger charge is 2.22. The molecule has 2 rings (SSSR count). The van der Waals surface area contributed by atoms with Crippen LogP contribution in [-0.2, 0) is 22.7 Å². The summed E-state index contributed by atoms with van der Waals surface area (Å²) in [6.07, 6.45) is -1.30. The quantitative estimate of drug-likeness (QED) is 0.470. The van der Waals surface area contributed by atoms with Crippen LogP contribution in [0.5, 0.6) is 0 Å². The van der Waals surface area contributed by atoms with Gasteiger partial charge in [-0.25, -0.2) is 14.0 Å². The maximum Gasteiger partial charge on any atom is 0.338 e. The van der Waals surface area contributed by atoms with Gasteiger partial charge in [0.2, 0.25) is 0 Å². The van der Waals surface area contributed by atoms with Crippen molar-refractivity contribution in [3.63, 3.8) is 0 Å². The Hall–Kier alpha value is -2.34. The van der Waals surface area contributed by atoms with E-state index in [-0.39, 0.29) is 11.1 Å². The molecule has 164 valence electrons. The van der Waals surface area contributed by atoms with Crippen LogP contribution in [-0.4, -0.2) is 57.4 Å². The predicted molar refractivity (Wildman–Crippen MR) is 108 cm³/mol. The standard InChI is InChI=1S/C19H22BrFN2O7/c1-12-8-22(19(28)23(7-6-21)17(12)26)11-30-16(9-24)15(25)10-29-18(27)13-2-4-14(20)5-3-13/h2-5,8,15-16,24-25H,6-7,9-11H2,1H3/t15?,16-/m1/s1. The average molecular weight is 489 g/mol. The first-order chi connectivity index (χ1) is 14.3. The molecule has 0 saturated carbocycles. The smallest absolute Gasteiger partial charge is 0.338 e. The molecule has 0 spiro atoms. The molecule has 2 atom stereocenters. The molecular weight excluding hydrogens is 467 g/mol. The molecule has 30 heavy (non-hydrogen) atoms. The number of aryl methyl sites for hydroxylation is 1. The number of carbonyl (C=O) groups excluding carboxylic acids is 1. The maximum absolute atomic E-state index is 12.6. The minimum Gasteiger partial charge on any atom is -0.459 e. The molecule has 0 fully saturated rings. The largest absolute Gasteiger partial charge is 0.459 e. The molecular formula is C19H22BrFN2O7. The van der Waals surface area contributed by atoms with Crippen LogP contribution in [0.1, 0.15) is 15.9 Å². The van der Waals surface area contributed by atoms with E-state index in [4.69, 9.17) is 9.47 Å². The van der Waals surface area contributed by atoms with Crippen molar-refractivity contribution in [2.24, 2.45) is 0 Å². The van der Waals surface area contributed by atoms with Crippen molar-refractivity contribution >= 4 is 21.9 Å². The number of alkyl halides is 1. The third-order valence-corrected chi connectivity index (χ3v) is 4.75. The lowest BCUT2D eigenvalue weighted by atomic mass is 10.2. The van der Waals surface area contributed by atoms with Crippen molar-refractivity contribution in [3.8, 4) is 0 Å². The molecule has 0 radical (unpaired) electrons. The summed E-state index contributed by atoms with van der Waals surface area (Å²) in [5, 5.41) is 19.6. The van der Waals surface area contributed by atoms with Crippen LogP contribution in [0, 0.1) is 6.92 Å². The second-order valence-corrected chi connectivity index (χ2v) is 7.32. The molecule has 1 heterocycles. The Morgan fingerprint density at radius 1 is 1.27 bits per heavy atom. The zero-order valence-electron chi connectivity index (χ0n) is 16.2. The van der Waals surface area contributed by atoms with Gasteiger partial charge in [-0.1, -0.05) is 15.9 Å². The molecule has 2 N–H and O–H groups in total. The number of nitrogens with zero attached hydrogens (tertiary/aromatic N) is 2. The lowest BCUT2D eigenvalue weighted by Gasteiger charge is -2.22. The summed E-state index contributed by atoms with van der Waals surface area (Å²) in [4.78, 5) is 36.2. The average Bonchev–Trinajstić information content (AvgIpc) is 2.73. The molecule has 0 saturated heterocycles. The number of carbonyl (C=O) groups is 1. The van der Waals surface area contributed by atoms with Crippen molar-refractivity contribution in [2.45, 2.75) is 32.4 Å². The third kappa shape index (κ3) is 6.08. The van der Waals surface area contributed by atoms with Gasteiger partial charge in [-0.3, -0.25) is 13.9 Å². The summed E-state index contributed by atoms with van der Waals surface area (Å²) >= 11 is 3.25. The molecule has 0 amide bonds. The van der Waals surface area contributed by atoms with Gasteiger partial charge in [0.25, 0.3) is 5.56 Å². The molecule has 1 unspecified atom stereocenters. The molecule has 11 heteroatoms. The summed E-state index contributed by atoms with van der Waals surface area (Å²) in [5.74, 6) is -0.664. The summed E-state index contributed by atoms with van der Waals surface area (Å²) in [7, 11) is 0. The monoisotopic (exact) mass is 488 g/mol. The van der Waals surface area contributed by atoms with Gasteiger partial charge in [0.1, 0.15) is 32.2 Å². The topological polar surface area (TPSA) is 120 Å². The maximum atomic E-state index is 12.6. The van der Waals surface area contributed by atoms with Gasteiger partial charge >= 0.3 is 11.7 Å². The summed E-state index contributed by atoms with van der Waals surface area (Å²) in [6.45, 7) is -1.29. The number of esters is 1. The van der Waals surface area contributed by atoms with E-state index >= 15 is 0 Å². The van der Waals surface area contributed by atoms with Crippen LogP contribution >= 0.6 is 15.9 Å². The SMILES string of the molecule is Cc1cn(CO[C@H](CO)C(O)COC(=O)c2ccc(Br)cc2)c(=O)n(CCF)c1=O. The van der Waals surface area contributed by atoms with Gasteiger partial charge in [0, 0.05) is 16.2 Å². The second kappa shape index (κ2) is 11.2. The number of aliphatic hydroxyl groups is 2. The Morgan fingerprint density at radius 2 is 1.93 bits per heavy atom. The zero-order chi connectivity index (χ0) is 22.3. The Morgan fingerprint density at radius 3 is 2.53 bits per heavy atom. The Bertz CT molecular complexity index is 974. The van der Waals surface area contributed by atoms with Crippen LogP contribution in [0.25, 0.3) is 0 Å². The van der Waals surface area contributed by atoms with Gasteiger partial charge in [0.05, 0.1) is 18.7 Å². The van der Waals surface area contributed by atoms with E-state index in [1.54, 1.807) is 24.3 Å². The molecule has 0 aliphatic rings. The first-order valence-electron chi connectivity index (χ1n) is 8.98. The van der Waals surface area contributed by atoms with Gasteiger partial charge in [-0.2, -0.15) is 0 Å². The molecule has 2 aromatic rings. The molecule has 0 bridgehead atoms. The van der Waals surface area contributed by atoms with E-state index in [0.717, 1.165) is 13.6 Å². The number of ether oxygens (including phenoxy) is 2. The summed E-state index contributed by atoms with van der Waals surface area (Å²) in [5.41, 5.74) is -0.899. The van der Waals surface area contributed by atoms with Crippen molar-refractivity contribution in [3.05, 3.63) is 66.9 Å². The first-order valence-corrected chi connectivity index (χ1v) is 9.77. The number of aliphatic hydroxyl groups excluding tert-OH is 2. The van der Waals surface area contributed by atoms with Crippen LogP contribution in [0.2, 0.25) is 0 Å². The number of halogens is 2. The Balaban J connectivity index is 2.00. The van der Waals surface area contributed by atoms with E-state index in [1.807, 2.05) is 0 Å². The molecule has 1 aromatic carbocycles. The molecule has 1 aromatic heterocycles. The van der Waals surface area contributed by atoms with Gasteiger partial charge in [0.15, 0.2) is 0 Å². The fraction of sp³-hybridized carbons (Fsp3) is 0.421. The van der Waals surface area contributed by atoms with E-state index in [1.165, 1.54) is 13.1 Å². The van der Waals surface area contributed by atoms with Crippen molar-refractivity contribution in [1.82, 2.24) is 9.13 Å². The van der Waals surface area contributed by atoms with Crippen LogP contribution in [0.3, 0.4) is 0 Å². The fourth-order valence-electron chi connectivity index (χ4n) is 2.57. The second-order valence-electron chi connectivity index (χ2n) is 6.40. The van der Waals surface area contributed by atoms with Crippen molar-refractivity contribution in [2.75, 3.05) is 19.9 Å². The summed E-state index contributed by atoms with van der Waals surface area (Å²) in [6, 6.07) is 6.41. The number of rotatable bonds is 10. The minimum absolute atomic E-state index is 0.205. The van der Waals surface area contributed by atoms with Crippen molar-refractivity contribution in [1.29, 1.82) is 0 Å². The molecule has 0 aliphatic heterocycles. The van der Waals surface area contributed by atoms with E-state index in [2.05, 4.69) is 15.9 Å². The summed E-state index contributed by atoms with van der Waals surface area (Å²) < 4.78 is 25.6. The lowest BCUT2D eigenvalue weighted by Crippen LogP contribution is -2.43. The highest BCUT2D eigenvalue weighted by atomic mass is 79.9. The number of hydrogen-bond acceptors (Lipinski definition) is 7. The van der Waals surface area contributed by atoms with E-state index < -0.39 is 62.6 Å². The first kappa shape index (κ1) is 23.9. The predicted octanol–water partition coefficient (Wildman–Crippen LogP) is 0.603. The minimum atomic E-state index is -1.37. The van der Waals surface area contributed by atoms with Crippen LogP contribution < -0.4 is 11.2 Å². The van der Waals surface area contributed by atoms with Gasteiger partial charge < -0.3 is 19.7 Å². The van der Waals surface area contributed by atoms with Crippen LogP contribution in [0.15, 0.2) is 44.5 Å². The van der Waals surface area contributed by atoms with Gasteiger partial charge in [-0.15, -0.1) is 0 Å². The molecule has 9 nitrogen and oxygen atoms in total. The van der Waals surface area contributed by atoms with E-state index in [0.29, 0.717) is 0 Å². The van der Waals surface area contributed by atoms with Crippen molar-refractivity contribution < 1.29 is 28.9 Å². The number of hydrogen-bond donors (Lipinski definition) is 2. The molecule has 0 aliphatic carbocycles. The number of aromatic nitrogens is 2. The third-order valence-electron chi connectivity index (χ3n) is 4.22. The number of benzene rings is 1. The Kier molecular flexibility index (Phi) is 8.90. The van der Waals surface area contributed by atoms with Crippen LogP contribution in [0.4, 0.5) is 4.39 Å². The highest BCUT2D eigenvalue weighted by molar-refractivity contribution is 9.10. The Labute approximate surface area is 179 Å². The normalized spacial score (nSPS) is 13.1. The highest BCUT2D eigenvalue weighted by Crippen LogP contribution is 2.12. The zero-order valence-corrected chi connectivity index (χ0v) is 17.7.